The zero-order valence-electron chi connectivity index (χ0n) is 22.3. The monoisotopic (exact) mass is 554 g/mol. The van der Waals surface area contributed by atoms with E-state index in [2.05, 4.69) is 5.32 Å². The Hall–Kier alpha value is -3.85. The highest BCUT2D eigenvalue weighted by atomic mass is 35.5. The number of nitrogens with one attached hydrogen (secondary N) is 1. The molecule has 0 fully saturated rings. The summed E-state index contributed by atoms with van der Waals surface area (Å²) in [7, 11) is 3.12. The van der Waals surface area contributed by atoms with Gasteiger partial charge in [-0.3, -0.25) is 14.9 Å². The first-order chi connectivity index (χ1) is 18.7. The number of carbonyl (C=O) groups is 2. The smallest absolute Gasteiger partial charge is 0.336 e. The summed E-state index contributed by atoms with van der Waals surface area (Å²) in [6, 6.07) is 9.96. The first-order valence-corrected chi connectivity index (χ1v) is 13.1. The second kappa shape index (κ2) is 11.9. The number of carbonyl (C=O) groups excluding carboxylic acids is 2. The van der Waals surface area contributed by atoms with Crippen LogP contribution in [0.25, 0.3) is 0 Å². The van der Waals surface area contributed by atoms with E-state index in [0.717, 1.165) is 12.0 Å². The number of rotatable bonds is 9. The molecule has 2 aromatic carbocycles. The van der Waals surface area contributed by atoms with Crippen LogP contribution in [0.15, 0.2) is 58.9 Å². The Bertz CT molecular complexity index is 1380. The number of nitro groups is 1. The van der Waals surface area contributed by atoms with Crippen LogP contribution in [0.4, 0.5) is 5.69 Å². The van der Waals surface area contributed by atoms with Gasteiger partial charge >= 0.3 is 5.97 Å². The van der Waals surface area contributed by atoms with E-state index in [1.165, 1.54) is 12.1 Å². The second-order valence-electron chi connectivity index (χ2n) is 9.59. The van der Waals surface area contributed by atoms with Gasteiger partial charge in [-0.05, 0) is 55.0 Å². The Kier molecular flexibility index (Phi) is 8.60. The van der Waals surface area contributed by atoms with Gasteiger partial charge in [-0.25, -0.2) is 4.79 Å². The predicted octanol–water partition coefficient (Wildman–Crippen LogP) is 5.97. The van der Waals surface area contributed by atoms with Crippen molar-refractivity contribution in [1.82, 2.24) is 5.32 Å². The molecule has 2 atom stereocenters. The summed E-state index contributed by atoms with van der Waals surface area (Å²) in [6.45, 7) is 3.98. The van der Waals surface area contributed by atoms with E-state index in [1.807, 2.05) is 25.1 Å². The van der Waals surface area contributed by atoms with Crippen molar-refractivity contribution in [2.75, 3.05) is 20.8 Å². The summed E-state index contributed by atoms with van der Waals surface area (Å²) >= 11 is 6.09. The Morgan fingerprint density at radius 2 is 1.82 bits per heavy atom. The summed E-state index contributed by atoms with van der Waals surface area (Å²) in [5.74, 6) is -0.526. The standard InChI is InChI=1S/C29H31ClN2O7/c1-5-6-11-39-29(34)26-16(2)31-21-12-19(17-8-10-24(37-3)25(15-17)38-4)14-23(33)28(21)27(26)18-7-9-20(30)22(13-18)32(35)36/h7-10,13,15,19,27,31H,5-6,11-12,14H2,1-4H3. The maximum absolute atomic E-state index is 13.8. The van der Waals surface area contributed by atoms with E-state index < -0.39 is 16.8 Å². The summed E-state index contributed by atoms with van der Waals surface area (Å²) in [5.41, 5.74) is 2.95. The molecule has 2 unspecified atom stereocenters. The molecular formula is C29H31ClN2O7. The number of unbranched alkanes of at least 4 members (excludes halogenated alkanes) is 1. The molecular weight excluding hydrogens is 524 g/mol. The number of hydrogen-bond acceptors (Lipinski definition) is 8. The van der Waals surface area contributed by atoms with Crippen LogP contribution in [0.5, 0.6) is 11.5 Å². The predicted molar refractivity (Wildman–Crippen MR) is 146 cm³/mol. The third-order valence-corrected chi connectivity index (χ3v) is 7.48. The molecule has 9 nitrogen and oxygen atoms in total. The number of benzene rings is 2. The molecule has 0 saturated carbocycles. The van der Waals surface area contributed by atoms with E-state index in [0.29, 0.717) is 46.9 Å². The Morgan fingerprint density at radius 1 is 1.10 bits per heavy atom. The molecule has 206 valence electrons. The van der Waals surface area contributed by atoms with Crippen molar-refractivity contribution in [3.63, 3.8) is 0 Å². The molecule has 10 heteroatoms. The molecule has 1 aliphatic carbocycles. The average Bonchev–Trinajstić information content (AvgIpc) is 2.91. The summed E-state index contributed by atoms with van der Waals surface area (Å²) in [6.07, 6.45) is 2.24. The number of methoxy groups -OCH3 is 2. The molecule has 0 saturated heterocycles. The zero-order chi connectivity index (χ0) is 28.3. The first-order valence-electron chi connectivity index (χ1n) is 12.8. The van der Waals surface area contributed by atoms with Crippen molar-refractivity contribution in [3.8, 4) is 11.5 Å². The number of halogens is 1. The van der Waals surface area contributed by atoms with Crippen LogP contribution in [0.2, 0.25) is 5.02 Å². The molecule has 4 rings (SSSR count). The average molecular weight is 555 g/mol. The van der Waals surface area contributed by atoms with Crippen molar-refractivity contribution in [2.24, 2.45) is 0 Å². The lowest BCUT2D eigenvalue weighted by atomic mass is 9.71. The number of Topliss-reactive ketones (excluding diaryl/α,β-unsaturated/α-hetero) is 1. The lowest BCUT2D eigenvalue weighted by Crippen LogP contribution is -2.36. The molecule has 1 heterocycles. The summed E-state index contributed by atoms with van der Waals surface area (Å²) in [5, 5.41) is 14.9. The number of dihydropyridines is 1. The maximum Gasteiger partial charge on any atom is 0.336 e. The van der Waals surface area contributed by atoms with E-state index in [4.69, 9.17) is 25.8 Å². The van der Waals surface area contributed by atoms with E-state index in [1.54, 1.807) is 27.2 Å². The second-order valence-corrected chi connectivity index (χ2v) is 10.00. The van der Waals surface area contributed by atoms with Gasteiger partial charge in [0.25, 0.3) is 5.69 Å². The molecule has 0 amide bonds. The minimum Gasteiger partial charge on any atom is -0.493 e. The number of hydrogen-bond donors (Lipinski definition) is 1. The van der Waals surface area contributed by atoms with Crippen molar-refractivity contribution in [2.45, 2.75) is 51.4 Å². The van der Waals surface area contributed by atoms with Crippen LogP contribution >= 0.6 is 11.6 Å². The van der Waals surface area contributed by atoms with Crippen molar-refractivity contribution < 1.29 is 28.7 Å². The number of allylic oxidation sites excluding steroid dienone is 3. The van der Waals surface area contributed by atoms with Crippen molar-refractivity contribution >= 4 is 29.0 Å². The minimum absolute atomic E-state index is 0.0249. The van der Waals surface area contributed by atoms with Gasteiger partial charge in [0.15, 0.2) is 17.3 Å². The quantitative estimate of drug-likeness (QED) is 0.174. The van der Waals surface area contributed by atoms with Crippen molar-refractivity contribution in [3.05, 3.63) is 85.2 Å². The maximum atomic E-state index is 13.8. The Labute approximate surface area is 231 Å². The highest BCUT2D eigenvalue weighted by molar-refractivity contribution is 6.32. The van der Waals surface area contributed by atoms with E-state index >= 15 is 0 Å². The summed E-state index contributed by atoms with van der Waals surface area (Å²) in [4.78, 5) is 38.2. The van der Waals surface area contributed by atoms with Crippen molar-refractivity contribution in [1.29, 1.82) is 0 Å². The van der Waals surface area contributed by atoms with Gasteiger partial charge in [-0.15, -0.1) is 0 Å². The fourth-order valence-electron chi connectivity index (χ4n) is 5.22. The number of nitrogens with zero attached hydrogens (tertiary/aromatic N) is 1. The third kappa shape index (κ3) is 5.63. The minimum atomic E-state index is -0.829. The SMILES string of the molecule is CCCCOC(=O)C1=C(C)NC2=C(C(=O)CC(c3ccc(OC)c(OC)c3)C2)C1c1ccc(Cl)c([N+](=O)[O-])c1. The molecule has 39 heavy (non-hydrogen) atoms. The number of ether oxygens (including phenoxy) is 3. The Morgan fingerprint density at radius 3 is 2.49 bits per heavy atom. The van der Waals surface area contributed by atoms with Gasteiger partial charge in [0.05, 0.1) is 31.3 Å². The van der Waals surface area contributed by atoms with E-state index in [-0.39, 0.29) is 41.0 Å². The van der Waals surface area contributed by atoms with E-state index in [9.17, 15) is 19.7 Å². The molecule has 1 aliphatic heterocycles. The molecule has 0 bridgehead atoms. The van der Waals surface area contributed by atoms with Crippen LogP contribution in [-0.4, -0.2) is 37.5 Å². The fraction of sp³-hybridized carbons (Fsp3) is 0.379. The normalized spacial score (nSPS) is 18.8. The van der Waals surface area contributed by atoms with Gasteiger partial charge in [0.1, 0.15) is 5.02 Å². The number of esters is 1. The lowest BCUT2D eigenvalue weighted by Gasteiger charge is -2.36. The molecule has 2 aliphatic rings. The highest BCUT2D eigenvalue weighted by Crippen LogP contribution is 2.47. The van der Waals surface area contributed by atoms with Gasteiger partial charge in [-0.1, -0.05) is 37.1 Å². The fourth-order valence-corrected chi connectivity index (χ4v) is 5.41. The zero-order valence-corrected chi connectivity index (χ0v) is 23.1. The Balaban J connectivity index is 1.79. The molecule has 2 aromatic rings. The summed E-state index contributed by atoms with van der Waals surface area (Å²) < 4.78 is 16.3. The van der Waals surface area contributed by atoms with Gasteiger partial charge in [0.2, 0.25) is 0 Å². The molecule has 0 spiro atoms. The van der Waals surface area contributed by atoms with Crippen LogP contribution < -0.4 is 14.8 Å². The van der Waals surface area contributed by atoms with Crippen LogP contribution in [0.1, 0.15) is 62.5 Å². The highest BCUT2D eigenvalue weighted by Gasteiger charge is 2.42. The van der Waals surface area contributed by atoms with Crippen LogP contribution in [0.3, 0.4) is 0 Å². The first kappa shape index (κ1) is 28.2. The van der Waals surface area contributed by atoms with Gasteiger partial charge in [-0.2, -0.15) is 0 Å². The number of nitro benzene ring substituents is 1. The largest absolute Gasteiger partial charge is 0.493 e. The number of ketones is 1. The molecule has 0 aromatic heterocycles. The van der Waals surface area contributed by atoms with Crippen LogP contribution in [-0.2, 0) is 14.3 Å². The molecule has 1 N–H and O–H groups in total. The molecule has 0 radical (unpaired) electrons. The van der Waals surface area contributed by atoms with Gasteiger partial charge < -0.3 is 19.5 Å². The topological polar surface area (TPSA) is 117 Å². The van der Waals surface area contributed by atoms with Gasteiger partial charge in [0, 0.05) is 35.4 Å². The lowest BCUT2D eigenvalue weighted by molar-refractivity contribution is -0.384. The van der Waals surface area contributed by atoms with Crippen LogP contribution in [0, 0.1) is 10.1 Å². The third-order valence-electron chi connectivity index (χ3n) is 7.16.